The van der Waals surface area contributed by atoms with E-state index in [1.165, 1.54) is 18.5 Å². The van der Waals surface area contributed by atoms with Gasteiger partial charge in [-0.3, -0.25) is 19.4 Å². The molecule has 40 heavy (non-hydrogen) atoms. The Bertz CT molecular complexity index is 1360. The fourth-order valence-corrected chi connectivity index (χ4v) is 3.52. The fraction of sp³-hybridized carbons (Fsp3) is 0.250. The number of hydrogen-bond acceptors (Lipinski definition) is 12. The number of amides is 1. The summed E-state index contributed by atoms with van der Waals surface area (Å²) in [6.45, 7) is 0.899. The van der Waals surface area contributed by atoms with E-state index >= 15 is 0 Å². The molecule has 0 bridgehead atoms. The number of anilines is 4. The molecule has 1 aliphatic heterocycles. The van der Waals surface area contributed by atoms with Gasteiger partial charge in [0.15, 0.2) is 5.82 Å². The number of carbonyl (C=O) groups excluding carboxylic acids is 2. The highest BCUT2D eigenvalue weighted by Gasteiger charge is 2.28. The minimum Gasteiger partial charge on any atom is -0.481 e. The number of nitrogens with one attached hydrogen (secondary N) is 5. The van der Waals surface area contributed by atoms with E-state index in [1.54, 1.807) is 30.6 Å². The molecule has 3 unspecified atom stereocenters. The first kappa shape index (κ1) is 29.0. The predicted molar refractivity (Wildman–Crippen MR) is 143 cm³/mol. The monoisotopic (exact) mass is 553 g/mol. The Morgan fingerprint density at radius 2 is 1.82 bits per heavy atom. The summed E-state index contributed by atoms with van der Waals surface area (Å²) in [5, 5.41) is 29.7. The molecule has 0 saturated carbocycles. The molecule has 9 N–H and O–H groups in total. The topological polar surface area (TPSA) is 254 Å². The molecule has 0 aliphatic carbocycles. The van der Waals surface area contributed by atoms with Gasteiger partial charge in [0.2, 0.25) is 5.95 Å². The number of fused-ring (bicyclic) bond motifs is 1. The largest absolute Gasteiger partial charge is 0.481 e. The van der Waals surface area contributed by atoms with Crippen LogP contribution in [0.5, 0.6) is 0 Å². The standard InChI is InChI=1S/C20H23N7O7.C4H4N2/c21-20-26-15-14(17(30)27-20)24-12(7-23-15)6-22-11-3-1-9(2-4-11)16(29)25-13(19(33)34)5-10(8-28)18(31)32;1-2-5-4-6-3-1/h1-4,8,10,12-13,22,24H,5-7H2,(H,25,29)(H,31,32)(H,33,34)(H4,21,23,26,27,30);1-4H. The SMILES string of the molecule is Nc1nc2c(c(=O)[nH]1)NC(CNc1ccc(C(=O)NC(CC(C=O)C(=O)O)C(=O)O)cc1)CN2.c1cncnc1. The van der Waals surface area contributed by atoms with E-state index < -0.39 is 41.8 Å². The van der Waals surface area contributed by atoms with Gasteiger partial charge in [-0.1, -0.05) is 0 Å². The van der Waals surface area contributed by atoms with Crippen LogP contribution in [0, 0.1) is 5.92 Å². The number of aromatic nitrogens is 4. The molecular formula is C24H27N9O7. The van der Waals surface area contributed by atoms with Gasteiger partial charge in [-0.05, 0) is 36.8 Å². The Labute approximate surface area is 226 Å². The highest BCUT2D eigenvalue weighted by molar-refractivity contribution is 5.97. The second-order valence-electron chi connectivity index (χ2n) is 8.44. The Balaban J connectivity index is 0.000000649. The van der Waals surface area contributed by atoms with Gasteiger partial charge in [0.1, 0.15) is 30.3 Å². The lowest BCUT2D eigenvalue weighted by atomic mass is 10.0. The number of benzene rings is 1. The molecular weight excluding hydrogens is 526 g/mol. The number of aldehydes is 1. The number of nitrogens with zero attached hydrogens (tertiary/aromatic N) is 3. The first-order valence-electron chi connectivity index (χ1n) is 11.8. The summed E-state index contributed by atoms with van der Waals surface area (Å²) in [6, 6.07) is 6.22. The maximum atomic E-state index is 12.4. The highest BCUT2D eigenvalue weighted by Crippen LogP contribution is 2.20. The zero-order valence-corrected chi connectivity index (χ0v) is 20.9. The lowest BCUT2D eigenvalue weighted by Crippen LogP contribution is -2.43. The fourth-order valence-electron chi connectivity index (χ4n) is 3.52. The number of hydrogen-bond donors (Lipinski definition) is 8. The van der Waals surface area contributed by atoms with E-state index in [4.69, 9.17) is 10.8 Å². The zero-order chi connectivity index (χ0) is 29.1. The average Bonchev–Trinajstić information content (AvgIpc) is 2.95. The van der Waals surface area contributed by atoms with E-state index in [0.29, 0.717) is 24.6 Å². The molecule has 0 saturated heterocycles. The molecule has 210 valence electrons. The van der Waals surface area contributed by atoms with Crippen LogP contribution in [0.15, 0.2) is 53.8 Å². The van der Waals surface area contributed by atoms with Crippen LogP contribution in [0.25, 0.3) is 0 Å². The van der Waals surface area contributed by atoms with E-state index in [2.05, 4.69) is 41.2 Å². The van der Waals surface area contributed by atoms with Crippen LogP contribution >= 0.6 is 0 Å². The van der Waals surface area contributed by atoms with Gasteiger partial charge in [-0.15, -0.1) is 0 Å². The predicted octanol–water partition coefficient (Wildman–Crippen LogP) is -0.380. The number of aliphatic carboxylic acids is 2. The number of aromatic amines is 1. The van der Waals surface area contributed by atoms with Crippen LogP contribution in [-0.2, 0) is 14.4 Å². The van der Waals surface area contributed by atoms with Crippen molar-refractivity contribution in [3.05, 3.63) is 65.0 Å². The Hall–Kier alpha value is -5.54. The van der Waals surface area contributed by atoms with Crippen LogP contribution in [0.3, 0.4) is 0 Å². The molecule has 0 spiro atoms. The maximum absolute atomic E-state index is 12.4. The van der Waals surface area contributed by atoms with Crippen LogP contribution in [0.1, 0.15) is 16.8 Å². The van der Waals surface area contributed by atoms with Gasteiger partial charge in [-0.2, -0.15) is 4.98 Å². The summed E-state index contributed by atoms with van der Waals surface area (Å²) in [5.41, 5.74) is 6.23. The normalized spacial score (nSPS) is 14.8. The second kappa shape index (κ2) is 13.8. The molecule has 16 nitrogen and oxygen atoms in total. The van der Waals surface area contributed by atoms with Gasteiger partial charge in [0, 0.05) is 36.7 Å². The highest BCUT2D eigenvalue weighted by atomic mass is 16.4. The minimum atomic E-state index is -1.55. The Morgan fingerprint density at radius 3 is 2.38 bits per heavy atom. The Morgan fingerprint density at radius 1 is 1.12 bits per heavy atom. The smallest absolute Gasteiger partial charge is 0.326 e. The molecule has 3 atom stereocenters. The molecule has 1 aliphatic rings. The van der Waals surface area contributed by atoms with Gasteiger partial charge < -0.3 is 42.0 Å². The lowest BCUT2D eigenvalue weighted by molar-refractivity contribution is -0.145. The summed E-state index contributed by atoms with van der Waals surface area (Å²) >= 11 is 0. The summed E-state index contributed by atoms with van der Waals surface area (Å²) < 4.78 is 0. The number of nitrogens with two attached hydrogens (primary N) is 1. The molecule has 0 radical (unpaired) electrons. The molecule has 16 heteroatoms. The number of nitrogen functional groups attached to an aromatic ring is 1. The molecule has 3 heterocycles. The van der Waals surface area contributed by atoms with Crippen LogP contribution in [0.2, 0.25) is 0 Å². The third-order valence-corrected chi connectivity index (χ3v) is 5.55. The van der Waals surface area contributed by atoms with Gasteiger partial charge >= 0.3 is 11.9 Å². The summed E-state index contributed by atoms with van der Waals surface area (Å²) in [5.74, 6) is -4.82. The van der Waals surface area contributed by atoms with Crippen molar-refractivity contribution in [2.24, 2.45) is 5.92 Å². The van der Waals surface area contributed by atoms with Gasteiger partial charge in [0.25, 0.3) is 11.5 Å². The van der Waals surface area contributed by atoms with Crippen molar-refractivity contribution in [1.82, 2.24) is 25.3 Å². The first-order chi connectivity index (χ1) is 19.2. The van der Waals surface area contributed by atoms with Crippen molar-refractivity contribution in [3.8, 4) is 0 Å². The van der Waals surface area contributed by atoms with Crippen LogP contribution < -0.4 is 32.6 Å². The lowest BCUT2D eigenvalue weighted by Gasteiger charge is -2.27. The minimum absolute atomic E-state index is 0.0128. The molecule has 4 rings (SSSR count). The number of carboxylic acid groups (broad SMARTS) is 2. The molecule has 1 amide bonds. The van der Waals surface area contributed by atoms with Crippen LogP contribution in [0.4, 0.5) is 23.1 Å². The van der Waals surface area contributed by atoms with Crippen molar-refractivity contribution in [1.29, 1.82) is 0 Å². The third kappa shape index (κ3) is 8.23. The van der Waals surface area contributed by atoms with Crippen molar-refractivity contribution >= 4 is 47.3 Å². The summed E-state index contributed by atoms with van der Waals surface area (Å²) in [6.07, 6.45) is 4.43. The van der Waals surface area contributed by atoms with E-state index in [1.807, 2.05) is 0 Å². The average molecular weight is 554 g/mol. The number of carbonyl (C=O) groups is 4. The van der Waals surface area contributed by atoms with Crippen molar-refractivity contribution in [2.45, 2.75) is 18.5 Å². The second-order valence-corrected chi connectivity index (χ2v) is 8.44. The van der Waals surface area contributed by atoms with Crippen LogP contribution in [-0.4, -0.2) is 79.5 Å². The molecule has 3 aromatic rings. The Kier molecular flexibility index (Phi) is 10.0. The van der Waals surface area contributed by atoms with E-state index in [9.17, 15) is 29.1 Å². The molecule has 0 fully saturated rings. The maximum Gasteiger partial charge on any atom is 0.326 e. The van der Waals surface area contributed by atoms with Gasteiger partial charge in [-0.25, -0.2) is 14.8 Å². The summed E-state index contributed by atoms with van der Waals surface area (Å²) in [4.78, 5) is 71.4. The summed E-state index contributed by atoms with van der Waals surface area (Å²) in [7, 11) is 0. The quantitative estimate of drug-likeness (QED) is 0.118. The number of H-pyrrole nitrogens is 1. The van der Waals surface area contributed by atoms with Crippen molar-refractivity contribution in [2.75, 3.05) is 34.8 Å². The van der Waals surface area contributed by atoms with E-state index in [0.717, 1.165) is 0 Å². The number of carboxylic acids is 2. The first-order valence-corrected chi connectivity index (χ1v) is 11.8. The van der Waals surface area contributed by atoms with E-state index in [-0.39, 0.29) is 29.5 Å². The third-order valence-electron chi connectivity index (χ3n) is 5.55. The zero-order valence-electron chi connectivity index (χ0n) is 20.9. The molecule has 2 aromatic heterocycles. The van der Waals surface area contributed by atoms with Crippen molar-refractivity contribution < 1.29 is 29.4 Å². The number of rotatable bonds is 10. The molecule has 1 aromatic carbocycles. The van der Waals surface area contributed by atoms with Gasteiger partial charge in [0.05, 0.1) is 6.04 Å². The van der Waals surface area contributed by atoms with Crippen molar-refractivity contribution in [3.63, 3.8) is 0 Å².